The number of nitrogen functional groups attached to an aromatic ring is 1. The van der Waals surface area contributed by atoms with Gasteiger partial charge >= 0.3 is 12.1 Å². The molecule has 1 saturated heterocycles. The molecule has 214 valence electrons. The number of nitrogens with zero attached hydrogens (tertiary/aromatic N) is 2. The number of esters is 1. The number of thioether (sulfide) groups is 1. The lowest BCUT2D eigenvalue weighted by Crippen LogP contribution is -2.70. The van der Waals surface area contributed by atoms with E-state index in [0.29, 0.717) is 28.4 Å². The number of ether oxygens (including phenoxy) is 5. The second-order valence-electron chi connectivity index (χ2n) is 8.46. The topological polar surface area (TPSA) is 195 Å². The Morgan fingerprint density at radius 2 is 2.00 bits per heavy atom. The summed E-state index contributed by atoms with van der Waals surface area (Å²) >= 11 is 2.48. The van der Waals surface area contributed by atoms with Gasteiger partial charge in [0.25, 0.3) is 11.8 Å². The number of methoxy groups -OCH3 is 2. The number of fused-ring (bicyclic) bond motifs is 1. The summed E-state index contributed by atoms with van der Waals surface area (Å²) in [5, 5.41) is 4.11. The maximum atomic E-state index is 13.2. The minimum Gasteiger partial charge on any atom is -0.445 e. The van der Waals surface area contributed by atoms with Gasteiger partial charge in [-0.1, -0.05) is 13.0 Å². The van der Waals surface area contributed by atoms with Crippen LogP contribution in [0.3, 0.4) is 0 Å². The number of thiazole rings is 1. The number of primary amides is 1. The molecule has 0 saturated carbocycles. The molecule has 2 aliphatic heterocycles. The minimum absolute atomic E-state index is 0.0442. The van der Waals surface area contributed by atoms with Crippen LogP contribution in [0.4, 0.5) is 9.93 Å². The van der Waals surface area contributed by atoms with Gasteiger partial charge in [-0.3, -0.25) is 14.5 Å². The monoisotopic (exact) mass is 585 g/mol. The highest BCUT2D eigenvalue weighted by Crippen LogP contribution is 2.41. The van der Waals surface area contributed by atoms with E-state index in [1.807, 2.05) is 6.92 Å². The number of carbonyl (C=O) groups is 4. The highest BCUT2D eigenvalue weighted by Gasteiger charge is 2.54. The Kier molecular flexibility index (Phi) is 10.3. The Balaban J connectivity index is 1.73. The number of β-lactam (4-membered cyclic amide) rings is 1. The number of anilines is 1. The zero-order valence-electron chi connectivity index (χ0n) is 21.9. The summed E-state index contributed by atoms with van der Waals surface area (Å²) < 4.78 is 25.8. The summed E-state index contributed by atoms with van der Waals surface area (Å²) in [6.07, 6.45) is 1.21. The van der Waals surface area contributed by atoms with E-state index in [1.165, 1.54) is 42.2 Å². The van der Waals surface area contributed by atoms with Gasteiger partial charge in [0, 0.05) is 30.9 Å². The van der Waals surface area contributed by atoms with Gasteiger partial charge in [0.1, 0.15) is 30.3 Å². The Bertz CT molecular complexity index is 1160. The number of hydrogen-bond acceptors (Lipinski definition) is 13. The van der Waals surface area contributed by atoms with Crippen LogP contribution in [0.25, 0.3) is 5.57 Å². The zero-order valence-corrected chi connectivity index (χ0v) is 23.5. The van der Waals surface area contributed by atoms with Crippen molar-refractivity contribution in [3.63, 3.8) is 0 Å². The van der Waals surface area contributed by atoms with Crippen molar-refractivity contribution in [1.82, 2.24) is 15.2 Å². The van der Waals surface area contributed by atoms with Gasteiger partial charge in [0.15, 0.2) is 17.7 Å². The van der Waals surface area contributed by atoms with Gasteiger partial charge in [-0.2, -0.15) is 0 Å². The third kappa shape index (κ3) is 7.07. The SMILES string of the molecule is CC/C=C(\C(=O)N[C@@H]1C(=O)N2C(C(=O)OCOCC(C)(OC)OC)=C(COC(N)=O)CS[C@H]12)c1csc(N)n1. The lowest BCUT2D eigenvalue weighted by atomic mass is 10.0. The first-order valence-corrected chi connectivity index (χ1v) is 13.6. The molecule has 0 aromatic carbocycles. The van der Waals surface area contributed by atoms with Crippen LogP contribution in [0.1, 0.15) is 26.0 Å². The maximum absolute atomic E-state index is 13.2. The molecule has 3 heterocycles. The van der Waals surface area contributed by atoms with Crippen LogP contribution in [-0.2, 0) is 38.1 Å². The van der Waals surface area contributed by atoms with E-state index in [1.54, 1.807) is 18.4 Å². The molecule has 0 bridgehead atoms. The molecule has 1 aromatic rings. The van der Waals surface area contributed by atoms with Crippen LogP contribution in [0.15, 0.2) is 22.7 Å². The molecule has 3 rings (SSSR count). The smallest absolute Gasteiger partial charge is 0.404 e. The molecule has 0 radical (unpaired) electrons. The van der Waals surface area contributed by atoms with E-state index >= 15 is 0 Å². The van der Waals surface area contributed by atoms with E-state index in [4.69, 9.17) is 35.2 Å². The molecule has 0 unspecified atom stereocenters. The number of nitrogens with one attached hydrogen (secondary N) is 1. The molecule has 39 heavy (non-hydrogen) atoms. The van der Waals surface area contributed by atoms with Crippen LogP contribution in [-0.4, -0.2) is 90.9 Å². The Hall–Kier alpha value is -3.18. The first-order valence-electron chi connectivity index (χ1n) is 11.7. The lowest BCUT2D eigenvalue weighted by Gasteiger charge is -2.49. The van der Waals surface area contributed by atoms with Crippen LogP contribution in [0.5, 0.6) is 0 Å². The highest BCUT2D eigenvalue weighted by molar-refractivity contribution is 8.00. The van der Waals surface area contributed by atoms with Gasteiger partial charge in [-0.05, 0) is 13.3 Å². The highest BCUT2D eigenvalue weighted by atomic mass is 32.2. The first-order chi connectivity index (χ1) is 18.5. The van der Waals surface area contributed by atoms with E-state index in [2.05, 4.69) is 10.3 Å². The fourth-order valence-corrected chi connectivity index (χ4v) is 5.57. The Morgan fingerprint density at radius 1 is 1.28 bits per heavy atom. The number of hydrogen-bond donors (Lipinski definition) is 3. The fourth-order valence-electron chi connectivity index (χ4n) is 3.68. The van der Waals surface area contributed by atoms with E-state index in [9.17, 15) is 19.2 Å². The van der Waals surface area contributed by atoms with Crippen molar-refractivity contribution in [3.8, 4) is 0 Å². The predicted octanol–water partition coefficient (Wildman–Crippen LogP) is 0.794. The molecule has 2 aliphatic rings. The minimum atomic E-state index is -1.05. The number of carbonyl (C=O) groups excluding carboxylic acids is 4. The molecular weight excluding hydrogens is 554 g/mol. The van der Waals surface area contributed by atoms with Crippen molar-refractivity contribution in [1.29, 1.82) is 0 Å². The summed E-state index contributed by atoms with van der Waals surface area (Å²) in [5.41, 5.74) is 11.7. The molecule has 1 aromatic heterocycles. The molecule has 5 N–H and O–H groups in total. The van der Waals surface area contributed by atoms with E-state index in [-0.39, 0.29) is 24.7 Å². The summed E-state index contributed by atoms with van der Waals surface area (Å²) in [6, 6.07) is -0.916. The number of amides is 3. The second kappa shape index (κ2) is 13.3. The van der Waals surface area contributed by atoms with Gasteiger partial charge in [-0.25, -0.2) is 14.6 Å². The molecule has 3 amide bonds. The average molecular weight is 586 g/mol. The van der Waals surface area contributed by atoms with Crippen LogP contribution >= 0.6 is 23.1 Å². The van der Waals surface area contributed by atoms with Gasteiger partial charge in [0.2, 0.25) is 0 Å². The maximum Gasteiger partial charge on any atom is 0.404 e. The van der Waals surface area contributed by atoms with Crippen molar-refractivity contribution in [3.05, 3.63) is 28.4 Å². The average Bonchev–Trinajstić information content (AvgIpc) is 3.35. The van der Waals surface area contributed by atoms with Crippen molar-refractivity contribution < 1.29 is 42.9 Å². The third-order valence-corrected chi connectivity index (χ3v) is 7.88. The molecular formula is C23H31N5O9S2. The molecule has 1 fully saturated rings. The second-order valence-corrected chi connectivity index (χ2v) is 10.5. The number of rotatable bonds is 13. The number of allylic oxidation sites excluding steroid dienone is 1. The molecule has 0 spiro atoms. The fraction of sp³-hybridized carbons (Fsp3) is 0.522. The number of nitrogens with two attached hydrogens (primary N) is 2. The Labute approximate surface area is 233 Å². The quantitative estimate of drug-likeness (QED) is 0.0970. The normalized spacial score (nSPS) is 19.3. The standard InChI is InChI=1S/C23H31N5O9S2/c1-5-6-13(14-9-39-21(24)26-14)17(29)27-15-18(30)28-16(12(7-36-22(25)32)8-38-19(15)28)20(31)37-11-35-10-23(2,33-3)34-4/h6,9,15,19H,5,7-8,10-11H2,1-4H3,(H2,24,26)(H2,25,32)(H,27,29)/b13-6-/t15-,19-/m1/s1. The predicted molar refractivity (Wildman–Crippen MR) is 142 cm³/mol. The molecule has 2 atom stereocenters. The van der Waals surface area contributed by atoms with E-state index < -0.39 is 47.9 Å². The number of aromatic nitrogens is 1. The van der Waals surface area contributed by atoms with Crippen LogP contribution in [0.2, 0.25) is 0 Å². The van der Waals surface area contributed by atoms with Crippen molar-refractivity contribution in [2.45, 2.75) is 37.5 Å². The first kappa shape index (κ1) is 30.4. The van der Waals surface area contributed by atoms with Crippen molar-refractivity contribution in [2.75, 3.05) is 45.7 Å². The molecule has 0 aliphatic carbocycles. The molecule has 16 heteroatoms. The Morgan fingerprint density at radius 3 is 2.59 bits per heavy atom. The lowest BCUT2D eigenvalue weighted by molar-refractivity contribution is -0.234. The van der Waals surface area contributed by atoms with Crippen molar-refractivity contribution in [2.24, 2.45) is 5.73 Å². The molecule has 14 nitrogen and oxygen atoms in total. The van der Waals surface area contributed by atoms with Gasteiger partial charge < -0.3 is 40.5 Å². The summed E-state index contributed by atoms with van der Waals surface area (Å²) in [6.45, 7) is 2.68. The third-order valence-electron chi connectivity index (χ3n) is 5.87. The summed E-state index contributed by atoms with van der Waals surface area (Å²) in [5.74, 6) is -2.74. The zero-order chi connectivity index (χ0) is 28.7. The summed E-state index contributed by atoms with van der Waals surface area (Å²) in [4.78, 5) is 55.9. The van der Waals surface area contributed by atoms with Crippen LogP contribution < -0.4 is 16.8 Å². The largest absolute Gasteiger partial charge is 0.445 e. The van der Waals surface area contributed by atoms with Crippen LogP contribution in [0, 0.1) is 0 Å². The van der Waals surface area contributed by atoms with Crippen molar-refractivity contribution >= 4 is 57.7 Å². The van der Waals surface area contributed by atoms with E-state index in [0.717, 1.165) is 0 Å². The summed E-state index contributed by atoms with van der Waals surface area (Å²) in [7, 11) is 2.87. The van der Waals surface area contributed by atoms with Gasteiger partial charge in [-0.15, -0.1) is 23.1 Å². The van der Waals surface area contributed by atoms with Gasteiger partial charge in [0.05, 0.1) is 11.3 Å².